The smallest absolute Gasteiger partial charge is 0.123 e. The van der Waals surface area contributed by atoms with E-state index in [9.17, 15) is 0 Å². The summed E-state index contributed by atoms with van der Waals surface area (Å²) in [6.45, 7) is 0. The van der Waals surface area contributed by atoms with Gasteiger partial charge in [0, 0.05) is 79.3 Å². The second kappa shape index (κ2) is 14.1. The molecule has 6 aromatic carbocycles. The summed E-state index contributed by atoms with van der Waals surface area (Å²) in [5.41, 5.74) is 15.8. The fraction of sp³-hybridized carbons (Fsp3) is 0.0182. The molecule has 63 heavy (non-hydrogen) atoms. The third-order valence-corrected chi connectivity index (χ3v) is 14.2. The maximum Gasteiger partial charge on any atom is 0.123 e. The van der Waals surface area contributed by atoms with Crippen molar-refractivity contribution < 1.29 is 0 Å². The van der Waals surface area contributed by atoms with Gasteiger partial charge in [0.05, 0.1) is 38.9 Å². The lowest BCUT2D eigenvalue weighted by Crippen LogP contribution is -2.29. The molecule has 0 spiro atoms. The zero-order chi connectivity index (χ0) is 41.5. The molecule has 0 N–H and O–H groups in total. The predicted octanol–water partition coefficient (Wildman–Crippen LogP) is 13.8. The van der Waals surface area contributed by atoms with Crippen LogP contribution in [0.1, 0.15) is 22.3 Å². The Morgan fingerprint density at radius 2 is 0.810 bits per heavy atom. The molecular weight excluding hydrogens is 809 g/mol. The molecule has 0 fully saturated rings. The van der Waals surface area contributed by atoms with Gasteiger partial charge in [0.2, 0.25) is 0 Å². The first-order chi connectivity index (χ1) is 31.2. The van der Waals surface area contributed by atoms with Crippen LogP contribution in [0.15, 0.2) is 193 Å². The zero-order valence-corrected chi connectivity index (χ0v) is 35.1. The number of aromatic nitrogens is 6. The third-order valence-electron chi connectivity index (χ3n) is 12.5. The quantitative estimate of drug-likeness (QED) is 0.155. The minimum Gasteiger partial charge on any atom is -0.254 e. The summed E-state index contributed by atoms with van der Waals surface area (Å²) < 4.78 is 0. The SMILES string of the molecule is c1cc(-c2ccc3ccc4cccnc4c3n2)cc(C2(c3cccc(-c4ccc5ccc6cccnc6c5n4)c3)c3cc(-c4nccs4)ccc3-c3ccc(-c4nccs4)cc32)c1. The van der Waals surface area contributed by atoms with Crippen molar-refractivity contribution in [2.75, 3.05) is 0 Å². The van der Waals surface area contributed by atoms with E-state index in [2.05, 4.69) is 146 Å². The van der Waals surface area contributed by atoms with E-state index in [1.165, 1.54) is 22.3 Å². The second-order valence-corrected chi connectivity index (χ2v) is 17.7. The van der Waals surface area contributed by atoms with Gasteiger partial charge >= 0.3 is 0 Å². The van der Waals surface area contributed by atoms with Crippen molar-refractivity contribution in [1.29, 1.82) is 0 Å². The maximum atomic E-state index is 5.33. The highest BCUT2D eigenvalue weighted by Gasteiger charge is 2.47. The zero-order valence-electron chi connectivity index (χ0n) is 33.5. The van der Waals surface area contributed by atoms with Crippen molar-refractivity contribution in [3.8, 4) is 54.8 Å². The normalized spacial score (nSPS) is 12.9. The van der Waals surface area contributed by atoms with Crippen LogP contribution in [0.4, 0.5) is 0 Å². The van der Waals surface area contributed by atoms with Gasteiger partial charge in [-0.25, -0.2) is 19.9 Å². The van der Waals surface area contributed by atoms with Gasteiger partial charge in [-0.15, -0.1) is 22.7 Å². The van der Waals surface area contributed by atoms with E-state index < -0.39 is 5.41 Å². The number of rotatable bonds is 6. The van der Waals surface area contributed by atoms with Crippen molar-refractivity contribution >= 4 is 66.3 Å². The molecule has 12 aromatic rings. The molecule has 0 amide bonds. The van der Waals surface area contributed by atoms with E-state index >= 15 is 0 Å². The first-order valence-corrected chi connectivity index (χ1v) is 22.5. The van der Waals surface area contributed by atoms with Crippen molar-refractivity contribution in [1.82, 2.24) is 29.9 Å². The highest BCUT2D eigenvalue weighted by Crippen LogP contribution is 2.58. The molecule has 0 aliphatic heterocycles. The average Bonchev–Trinajstić information content (AvgIpc) is 4.15. The minimum atomic E-state index is -0.770. The molecule has 1 aliphatic rings. The van der Waals surface area contributed by atoms with Crippen molar-refractivity contribution in [2.24, 2.45) is 0 Å². The molecule has 1 aliphatic carbocycles. The van der Waals surface area contributed by atoms with Gasteiger partial charge in [-0.05, 0) is 81.9 Å². The summed E-state index contributed by atoms with van der Waals surface area (Å²) in [5.74, 6) is 0. The summed E-state index contributed by atoms with van der Waals surface area (Å²) in [6.07, 6.45) is 7.45. The standard InChI is InChI=1S/C55H32N6S2/c1-5-37(47-21-17-35-13-11-33-7-3-23-56-49(33)51(35)60-47)29-41(9-1)55(42-10-2-6-38(30-42)48-22-18-36-14-12-34-8-4-24-57-50(34)52(36)61-48)45-31-39(53-58-25-27-62-53)15-19-43(45)44-20-16-40(32-46(44)55)54-59-26-28-63-54/h1-32H. The van der Waals surface area contributed by atoms with Crippen molar-refractivity contribution in [3.63, 3.8) is 0 Å². The predicted molar refractivity (Wildman–Crippen MR) is 258 cm³/mol. The van der Waals surface area contributed by atoms with Crippen LogP contribution >= 0.6 is 22.7 Å². The first kappa shape index (κ1) is 35.9. The van der Waals surface area contributed by atoms with E-state index in [1.54, 1.807) is 22.7 Å². The Kier molecular flexibility index (Phi) is 8.06. The molecule has 0 unspecified atom stereocenters. The fourth-order valence-corrected chi connectivity index (χ4v) is 11.0. The maximum absolute atomic E-state index is 5.33. The van der Waals surface area contributed by atoms with Gasteiger partial charge in [-0.2, -0.15) is 0 Å². The van der Waals surface area contributed by atoms with Crippen LogP contribution < -0.4 is 0 Å². The highest BCUT2D eigenvalue weighted by molar-refractivity contribution is 7.13. The highest BCUT2D eigenvalue weighted by atomic mass is 32.1. The molecule has 8 heteroatoms. The number of benzene rings is 6. The molecule has 0 saturated heterocycles. The van der Waals surface area contributed by atoms with Gasteiger partial charge in [-0.3, -0.25) is 9.97 Å². The van der Waals surface area contributed by atoms with Gasteiger partial charge < -0.3 is 0 Å². The summed E-state index contributed by atoms with van der Waals surface area (Å²) >= 11 is 3.31. The summed E-state index contributed by atoms with van der Waals surface area (Å²) in [6, 6.07) is 56.9. The van der Waals surface area contributed by atoms with Crippen LogP contribution in [0.25, 0.3) is 98.4 Å². The lowest BCUT2D eigenvalue weighted by atomic mass is 9.66. The lowest BCUT2D eigenvalue weighted by molar-refractivity contribution is 0.769. The minimum absolute atomic E-state index is 0.770. The molecule has 13 rings (SSSR count). The number of fused-ring (bicyclic) bond motifs is 9. The van der Waals surface area contributed by atoms with Crippen molar-refractivity contribution in [3.05, 3.63) is 216 Å². The number of nitrogens with zero attached hydrogens (tertiary/aromatic N) is 6. The molecule has 6 heterocycles. The van der Waals surface area contributed by atoms with E-state index in [-0.39, 0.29) is 0 Å². The number of pyridine rings is 4. The molecule has 294 valence electrons. The summed E-state index contributed by atoms with van der Waals surface area (Å²) in [5, 5.41) is 10.3. The van der Waals surface area contributed by atoms with Crippen LogP contribution in [0.5, 0.6) is 0 Å². The molecule has 0 radical (unpaired) electrons. The van der Waals surface area contributed by atoms with Gasteiger partial charge in [0.1, 0.15) is 10.0 Å². The molecule has 6 nitrogen and oxygen atoms in total. The van der Waals surface area contributed by atoms with Crippen molar-refractivity contribution in [2.45, 2.75) is 5.41 Å². The van der Waals surface area contributed by atoms with E-state index in [4.69, 9.17) is 29.9 Å². The molecular formula is C55H32N6S2. The Hall–Kier alpha value is -7.78. The summed E-state index contributed by atoms with van der Waals surface area (Å²) in [4.78, 5) is 29.8. The number of hydrogen-bond donors (Lipinski definition) is 0. The molecule has 0 bridgehead atoms. The van der Waals surface area contributed by atoms with E-state index in [0.717, 1.165) is 98.4 Å². The van der Waals surface area contributed by atoms with Crippen LogP contribution in [0, 0.1) is 0 Å². The Morgan fingerprint density at radius 3 is 1.27 bits per heavy atom. The molecule has 0 atom stereocenters. The van der Waals surface area contributed by atoms with Crippen LogP contribution in [0.3, 0.4) is 0 Å². The van der Waals surface area contributed by atoms with Crippen LogP contribution in [0.2, 0.25) is 0 Å². The molecule has 0 saturated carbocycles. The Morgan fingerprint density at radius 1 is 0.349 bits per heavy atom. The van der Waals surface area contributed by atoms with E-state index in [1.807, 2.05) is 47.7 Å². The first-order valence-electron chi connectivity index (χ1n) is 20.8. The Balaban J connectivity index is 1.09. The summed E-state index contributed by atoms with van der Waals surface area (Å²) in [7, 11) is 0. The second-order valence-electron chi connectivity index (χ2n) is 15.9. The third kappa shape index (κ3) is 5.62. The Labute approximate surface area is 370 Å². The fourth-order valence-electron chi connectivity index (χ4n) is 9.70. The van der Waals surface area contributed by atoms with Crippen LogP contribution in [-0.2, 0) is 5.41 Å². The van der Waals surface area contributed by atoms with Gasteiger partial charge in [0.15, 0.2) is 0 Å². The number of hydrogen-bond acceptors (Lipinski definition) is 8. The lowest BCUT2D eigenvalue weighted by Gasteiger charge is -2.35. The van der Waals surface area contributed by atoms with E-state index in [0.29, 0.717) is 0 Å². The largest absolute Gasteiger partial charge is 0.254 e. The monoisotopic (exact) mass is 840 g/mol. The van der Waals surface area contributed by atoms with Crippen LogP contribution in [-0.4, -0.2) is 29.9 Å². The van der Waals surface area contributed by atoms with Gasteiger partial charge in [0.25, 0.3) is 0 Å². The topological polar surface area (TPSA) is 77.3 Å². The molecule has 6 aromatic heterocycles. The average molecular weight is 841 g/mol. The Bertz CT molecular complexity index is 3520. The number of thiazole rings is 2. The van der Waals surface area contributed by atoms with Gasteiger partial charge in [-0.1, -0.05) is 109 Å².